The van der Waals surface area contributed by atoms with Crippen LogP contribution in [0, 0.1) is 0 Å². The quantitative estimate of drug-likeness (QED) is 0.823. The minimum absolute atomic E-state index is 0.0893. The Kier molecular flexibility index (Phi) is 3.07. The number of ether oxygens (including phenoxy) is 1. The van der Waals surface area contributed by atoms with Gasteiger partial charge in [0.05, 0.1) is 12.1 Å². The van der Waals surface area contributed by atoms with Crippen LogP contribution in [0.2, 0.25) is 0 Å². The molecule has 92 valence electrons. The lowest BCUT2D eigenvalue weighted by Gasteiger charge is -2.25. The third-order valence-electron chi connectivity index (χ3n) is 2.87. The SMILES string of the molecule is CC(C)(CO)NC(=O)C1COc2ccccc21. The number of aliphatic hydroxyl groups is 1. The van der Waals surface area contributed by atoms with Gasteiger partial charge in [-0.05, 0) is 19.9 Å². The molecule has 1 aromatic rings. The number of nitrogens with one attached hydrogen (secondary N) is 1. The Morgan fingerprint density at radius 1 is 1.53 bits per heavy atom. The third-order valence-corrected chi connectivity index (χ3v) is 2.87. The minimum atomic E-state index is -0.603. The van der Waals surface area contributed by atoms with E-state index in [1.807, 2.05) is 24.3 Å². The van der Waals surface area contributed by atoms with Gasteiger partial charge in [-0.1, -0.05) is 18.2 Å². The number of benzene rings is 1. The molecule has 0 saturated heterocycles. The van der Waals surface area contributed by atoms with Gasteiger partial charge in [0, 0.05) is 5.56 Å². The summed E-state index contributed by atoms with van der Waals surface area (Å²) in [5, 5.41) is 12.0. The highest BCUT2D eigenvalue weighted by atomic mass is 16.5. The highest BCUT2D eigenvalue weighted by Crippen LogP contribution is 2.33. The minimum Gasteiger partial charge on any atom is -0.492 e. The van der Waals surface area contributed by atoms with Crippen molar-refractivity contribution in [1.29, 1.82) is 0 Å². The van der Waals surface area contributed by atoms with E-state index < -0.39 is 5.54 Å². The molecule has 0 fully saturated rings. The van der Waals surface area contributed by atoms with Crippen LogP contribution in [-0.4, -0.2) is 29.8 Å². The molecule has 0 aliphatic carbocycles. The Morgan fingerprint density at radius 3 is 2.94 bits per heavy atom. The fourth-order valence-corrected chi connectivity index (χ4v) is 1.84. The summed E-state index contributed by atoms with van der Waals surface area (Å²) in [6.07, 6.45) is 0. The number of amides is 1. The maximum absolute atomic E-state index is 12.1. The summed E-state index contributed by atoms with van der Waals surface area (Å²) < 4.78 is 5.46. The first kappa shape index (κ1) is 11.9. The molecule has 1 aliphatic rings. The van der Waals surface area contributed by atoms with Gasteiger partial charge in [0.15, 0.2) is 0 Å². The van der Waals surface area contributed by atoms with Crippen molar-refractivity contribution < 1.29 is 14.6 Å². The predicted molar refractivity (Wildman–Crippen MR) is 64.0 cm³/mol. The first-order valence-electron chi connectivity index (χ1n) is 5.68. The van der Waals surface area contributed by atoms with Crippen molar-refractivity contribution in [2.24, 2.45) is 0 Å². The van der Waals surface area contributed by atoms with Crippen molar-refractivity contribution >= 4 is 5.91 Å². The zero-order valence-corrected chi connectivity index (χ0v) is 10.1. The third kappa shape index (κ3) is 2.42. The fraction of sp³-hybridized carbons (Fsp3) is 0.462. The number of hydrogen-bond donors (Lipinski definition) is 2. The van der Waals surface area contributed by atoms with Gasteiger partial charge in [-0.2, -0.15) is 0 Å². The Balaban J connectivity index is 2.13. The van der Waals surface area contributed by atoms with Crippen LogP contribution in [0.5, 0.6) is 5.75 Å². The molecule has 1 amide bonds. The predicted octanol–water partition coefficient (Wildman–Crippen LogP) is 1.05. The number of carbonyl (C=O) groups excluding carboxylic acids is 1. The summed E-state index contributed by atoms with van der Waals surface area (Å²) in [4.78, 5) is 12.1. The maximum Gasteiger partial charge on any atom is 0.231 e. The topological polar surface area (TPSA) is 58.6 Å². The van der Waals surface area contributed by atoms with Crippen LogP contribution in [-0.2, 0) is 4.79 Å². The zero-order valence-electron chi connectivity index (χ0n) is 10.1. The van der Waals surface area contributed by atoms with E-state index in [0.29, 0.717) is 6.61 Å². The van der Waals surface area contributed by atoms with Crippen LogP contribution >= 0.6 is 0 Å². The van der Waals surface area contributed by atoms with Crippen molar-refractivity contribution in [3.05, 3.63) is 29.8 Å². The van der Waals surface area contributed by atoms with E-state index in [-0.39, 0.29) is 18.4 Å². The number of carbonyl (C=O) groups is 1. The summed E-state index contributed by atoms with van der Waals surface area (Å²) in [5.74, 6) is 0.389. The van der Waals surface area contributed by atoms with E-state index in [4.69, 9.17) is 9.84 Å². The summed E-state index contributed by atoms with van der Waals surface area (Å²) in [6.45, 7) is 3.85. The van der Waals surface area contributed by atoms with Gasteiger partial charge in [0.2, 0.25) is 5.91 Å². The monoisotopic (exact) mass is 235 g/mol. The number of rotatable bonds is 3. The Labute approximate surface area is 101 Å². The van der Waals surface area contributed by atoms with E-state index >= 15 is 0 Å². The molecule has 2 rings (SSSR count). The van der Waals surface area contributed by atoms with Crippen LogP contribution in [0.4, 0.5) is 0 Å². The van der Waals surface area contributed by atoms with Crippen LogP contribution in [0.15, 0.2) is 24.3 Å². The van der Waals surface area contributed by atoms with Crippen molar-refractivity contribution in [3.63, 3.8) is 0 Å². The lowest BCUT2D eigenvalue weighted by Crippen LogP contribution is -2.48. The normalized spacial score (nSPS) is 18.4. The number of hydrogen-bond acceptors (Lipinski definition) is 3. The van der Waals surface area contributed by atoms with Crippen molar-refractivity contribution in [2.45, 2.75) is 25.3 Å². The summed E-state index contributed by atoms with van der Waals surface area (Å²) in [7, 11) is 0. The van der Waals surface area contributed by atoms with Crippen molar-refractivity contribution in [3.8, 4) is 5.75 Å². The molecule has 0 saturated carbocycles. The van der Waals surface area contributed by atoms with E-state index in [9.17, 15) is 4.79 Å². The van der Waals surface area contributed by atoms with E-state index in [2.05, 4.69) is 5.32 Å². The second-order valence-electron chi connectivity index (χ2n) is 4.93. The molecule has 4 heteroatoms. The molecule has 1 unspecified atom stereocenters. The number of aliphatic hydroxyl groups excluding tert-OH is 1. The molecular formula is C13H17NO3. The Bertz CT molecular complexity index is 428. The van der Waals surface area contributed by atoms with Gasteiger partial charge in [-0.25, -0.2) is 0 Å². The first-order valence-corrected chi connectivity index (χ1v) is 5.68. The molecule has 0 radical (unpaired) electrons. The lowest BCUT2D eigenvalue weighted by atomic mass is 9.98. The zero-order chi connectivity index (χ0) is 12.5. The summed E-state index contributed by atoms with van der Waals surface area (Å²) in [6, 6.07) is 7.54. The van der Waals surface area contributed by atoms with Gasteiger partial charge in [-0.3, -0.25) is 4.79 Å². The largest absolute Gasteiger partial charge is 0.492 e. The van der Waals surface area contributed by atoms with E-state index in [0.717, 1.165) is 11.3 Å². The van der Waals surface area contributed by atoms with Gasteiger partial charge < -0.3 is 15.2 Å². The molecule has 1 aliphatic heterocycles. The average Bonchev–Trinajstić information content (AvgIpc) is 2.72. The van der Waals surface area contributed by atoms with Crippen LogP contribution < -0.4 is 10.1 Å². The fourth-order valence-electron chi connectivity index (χ4n) is 1.84. The molecule has 0 bridgehead atoms. The molecule has 4 nitrogen and oxygen atoms in total. The molecule has 0 spiro atoms. The summed E-state index contributed by atoms with van der Waals surface area (Å²) >= 11 is 0. The Hall–Kier alpha value is -1.55. The second kappa shape index (κ2) is 4.37. The van der Waals surface area contributed by atoms with E-state index in [1.165, 1.54) is 0 Å². The molecular weight excluding hydrogens is 218 g/mol. The maximum atomic E-state index is 12.1. The standard InChI is InChI=1S/C13H17NO3/c1-13(2,8-15)14-12(16)10-7-17-11-6-4-3-5-9(10)11/h3-6,10,15H,7-8H2,1-2H3,(H,14,16). The lowest BCUT2D eigenvalue weighted by molar-refractivity contribution is -0.124. The number of fused-ring (bicyclic) bond motifs is 1. The highest BCUT2D eigenvalue weighted by Gasteiger charge is 2.32. The Morgan fingerprint density at radius 2 is 2.24 bits per heavy atom. The number of para-hydroxylation sites is 1. The van der Waals surface area contributed by atoms with Gasteiger partial charge in [0.25, 0.3) is 0 Å². The molecule has 2 N–H and O–H groups in total. The molecule has 1 heterocycles. The molecule has 1 aromatic carbocycles. The van der Waals surface area contributed by atoms with E-state index in [1.54, 1.807) is 13.8 Å². The molecule has 0 aromatic heterocycles. The van der Waals surface area contributed by atoms with Gasteiger partial charge in [0.1, 0.15) is 18.3 Å². The average molecular weight is 235 g/mol. The van der Waals surface area contributed by atoms with Crippen LogP contribution in [0.1, 0.15) is 25.3 Å². The smallest absolute Gasteiger partial charge is 0.231 e. The van der Waals surface area contributed by atoms with Crippen molar-refractivity contribution in [1.82, 2.24) is 5.32 Å². The molecule has 1 atom stereocenters. The van der Waals surface area contributed by atoms with Crippen LogP contribution in [0.25, 0.3) is 0 Å². The van der Waals surface area contributed by atoms with Gasteiger partial charge in [-0.15, -0.1) is 0 Å². The highest BCUT2D eigenvalue weighted by molar-refractivity contribution is 5.86. The second-order valence-corrected chi connectivity index (χ2v) is 4.93. The van der Waals surface area contributed by atoms with Crippen LogP contribution in [0.3, 0.4) is 0 Å². The summed E-state index contributed by atoms with van der Waals surface area (Å²) in [5.41, 5.74) is 0.313. The van der Waals surface area contributed by atoms with Crippen molar-refractivity contribution in [2.75, 3.05) is 13.2 Å². The first-order chi connectivity index (χ1) is 8.03. The molecule has 17 heavy (non-hydrogen) atoms. The van der Waals surface area contributed by atoms with Gasteiger partial charge >= 0.3 is 0 Å².